The summed E-state index contributed by atoms with van der Waals surface area (Å²) in [6, 6.07) is 4.91. The Morgan fingerprint density at radius 3 is 2.65 bits per heavy atom. The van der Waals surface area contributed by atoms with Gasteiger partial charge >= 0.3 is 0 Å². The third-order valence-electron chi connectivity index (χ3n) is 2.68. The second-order valence-corrected chi connectivity index (χ2v) is 6.94. The SMILES string of the molecule is CCC(C)CS(=O)(=O)Cc1cc(N)ccc1Cl. The zero-order chi connectivity index (χ0) is 13.1. The van der Waals surface area contributed by atoms with Crippen LogP contribution in [0.2, 0.25) is 5.02 Å². The second-order valence-electron chi connectivity index (χ2n) is 4.42. The summed E-state index contributed by atoms with van der Waals surface area (Å²) in [5, 5.41) is 0.451. The fourth-order valence-corrected chi connectivity index (χ4v) is 3.75. The highest BCUT2D eigenvalue weighted by atomic mass is 35.5. The van der Waals surface area contributed by atoms with Crippen molar-refractivity contribution in [1.82, 2.24) is 0 Å². The van der Waals surface area contributed by atoms with Crippen LogP contribution >= 0.6 is 11.6 Å². The number of benzene rings is 1. The van der Waals surface area contributed by atoms with E-state index in [4.69, 9.17) is 17.3 Å². The highest BCUT2D eigenvalue weighted by Gasteiger charge is 2.17. The fourth-order valence-electron chi connectivity index (χ4n) is 1.55. The van der Waals surface area contributed by atoms with Crippen LogP contribution in [0.5, 0.6) is 0 Å². The number of hydrogen-bond donors (Lipinski definition) is 1. The van der Waals surface area contributed by atoms with Crippen LogP contribution in [0.15, 0.2) is 18.2 Å². The molecule has 0 saturated carbocycles. The summed E-state index contributed by atoms with van der Waals surface area (Å²) in [6.07, 6.45) is 0.851. The molecule has 0 aromatic heterocycles. The standard InChI is InChI=1S/C12H18ClNO2S/c1-3-9(2)7-17(15,16)8-10-6-11(14)4-5-12(10)13/h4-6,9H,3,7-8,14H2,1-2H3. The minimum atomic E-state index is -3.13. The molecule has 0 fully saturated rings. The number of hydrogen-bond acceptors (Lipinski definition) is 3. The van der Waals surface area contributed by atoms with E-state index in [-0.39, 0.29) is 17.4 Å². The first-order valence-corrected chi connectivity index (χ1v) is 7.78. The van der Waals surface area contributed by atoms with Gasteiger partial charge in [0.25, 0.3) is 0 Å². The van der Waals surface area contributed by atoms with Crippen LogP contribution in [-0.4, -0.2) is 14.2 Å². The molecule has 0 aliphatic heterocycles. The van der Waals surface area contributed by atoms with E-state index in [0.29, 0.717) is 16.3 Å². The van der Waals surface area contributed by atoms with Gasteiger partial charge in [0.2, 0.25) is 0 Å². The van der Waals surface area contributed by atoms with Crippen molar-refractivity contribution in [2.45, 2.75) is 26.0 Å². The van der Waals surface area contributed by atoms with Gasteiger partial charge in [0.05, 0.1) is 11.5 Å². The molecule has 0 amide bonds. The Kier molecular flexibility index (Phi) is 4.83. The summed E-state index contributed by atoms with van der Waals surface area (Å²) in [6.45, 7) is 3.91. The van der Waals surface area contributed by atoms with Gasteiger partial charge in [-0.25, -0.2) is 8.42 Å². The fraction of sp³-hybridized carbons (Fsp3) is 0.500. The molecule has 1 atom stereocenters. The molecule has 1 aromatic carbocycles. The van der Waals surface area contributed by atoms with Gasteiger partial charge in [0, 0.05) is 10.7 Å². The first-order valence-electron chi connectivity index (χ1n) is 5.58. The molecule has 2 N–H and O–H groups in total. The van der Waals surface area contributed by atoms with Crippen LogP contribution in [0.3, 0.4) is 0 Å². The zero-order valence-corrected chi connectivity index (χ0v) is 11.7. The van der Waals surface area contributed by atoms with Crippen LogP contribution in [0.25, 0.3) is 0 Å². The van der Waals surface area contributed by atoms with Gasteiger partial charge in [0.1, 0.15) is 0 Å². The van der Waals surface area contributed by atoms with Crippen molar-refractivity contribution < 1.29 is 8.42 Å². The van der Waals surface area contributed by atoms with E-state index in [9.17, 15) is 8.42 Å². The Labute approximate surface area is 108 Å². The summed E-state index contributed by atoms with van der Waals surface area (Å²) in [5.74, 6) is 0.315. The number of halogens is 1. The number of anilines is 1. The Balaban J connectivity index is 2.86. The van der Waals surface area contributed by atoms with Crippen LogP contribution in [-0.2, 0) is 15.6 Å². The lowest BCUT2D eigenvalue weighted by molar-refractivity contribution is 0.563. The van der Waals surface area contributed by atoms with Gasteiger partial charge in [-0.3, -0.25) is 0 Å². The maximum absolute atomic E-state index is 11.9. The Morgan fingerprint density at radius 1 is 1.41 bits per heavy atom. The summed E-state index contributed by atoms with van der Waals surface area (Å²) >= 11 is 5.95. The van der Waals surface area contributed by atoms with Crippen molar-refractivity contribution in [2.24, 2.45) is 5.92 Å². The van der Waals surface area contributed by atoms with Crippen molar-refractivity contribution in [3.8, 4) is 0 Å². The van der Waals surface area contributed by atoms with E-state index in [1.54, 1.807) is 18.2 Å². The average Bonchev–Trinajstić information content (AvgIpc) is 2.22. The highest BCUT2D eigenvalue weighted by molar-refractivity contribution is 7.90. The summed E-state index contributed by atoms with van der Waals surface area (Å²) in [7, 11) is -3.13. The highest BCUT2D eigenvalue weighted by Crippen LogP contribution is 2.22. The van der Waals surface area contributed by atoms with Crippen LogP contribution in [0.1, 0.15) is 25.8 Å². The third-order valence-corrected chi connectivity index (χ3v) is 4.88. The number of rotatable bonds is 5. The van der Waals surface area contributed by atoms with E-state index in [1.807, 2.05) is 13.8 Å². The largest absolute Gasteiger partial charge is 0.399 e. The zero-order valence-electron chi connectivity index (χ0n) is 10.1. The minimum Gasteiger partial charge on any atom is -0.399 e. The number of sulfone groups is 1. The molecule has 3 nitrogen and oxygen atoms in total. The van der Waals surface area contributed by atoms with Crippen molar-refractivity contribution in [3.63, 3.8) is 0 Å². The van der Waals surface area contributed by atoms with E-state index >= 15 is 0 Å². The summed E-state index contributed by atoms with van der Waals surface area (Å²) in [5.41, 5.74) is 6.73. The third kappa shape index (κ3) is 4.56. The van der Waals surface area contributed by atoms with E-state index in [1.165, 1.54) is 0 Å². The van der Waals surface area contributed by atoms with E-state index in [2.05, 4.69) is 0 Å². The van der Waals surface area contributed by atoms with Gasteiger partial charge in [-0.1, -0.05) is 31.9 Å². The molecule has 0 radical (unpaired) electrons. The smallest absolute Gasteiger partial charge is 0.154 e. The number of nitrogens with two attached hydrogens (primary N) is 1. The first kappa shape index (κ1) is 14.3. The molecule has 17 heavy (non-hydrogen) atoms. The summed E-state index contributed by atoms with van der Waals surface area (Å²) in [4.78, 5) is 0. The monoisotopic (exact) mass is 275 g/mol. The van der Waals surface area contributed by atoms with Crippen molar-refractivity contribution in [1.29, 1.82) is 0 Å². The molecule has 0 aliphatic carbocycles. The quantitative estimate of drug-likeness (QED) is 0.841. The lowest BCUT2D eigenvalue weighted by Gasteiger charge is -2.10. The van der Waals surface area contributed by atoms with Crippen LogP contribution < -0.4 is 5.73 Å². The van der Waals surface area contributed by atoms with E-state index < -0.39 is 9.84 Å². The predicted octanol–water partition coefficient (Wildman–Crippen LogP) is 2.88. The topological polar surface area (TPSA) is 60.2 Å². The molecule has 0 bridgehead atoms. The molecule has 0 aliphatic rings. The summed E-state index contributed by atoms with van der Waals surface area (Å²) < 4.78 is 23.9. The molecule has 5 heteroatoms. The first-order chi connectivity index (χ1) is 7.84. The van der Waals surface area contributed by atoms with Crippen molar-refractivity contribution >= 4 is 27.1 Å². The van der Waals surface area contributed by atoms with Crippen LogP contribution in [0.4, 0.5) is 5.69 Å². The Bertz CT molecular complexity index is 485. The predicted molar refractivity (Wildman–Crippen MR) is 72.8 cm³/mol. The lowest BCUT2D eigenvalue weighted by atomic mass is 10.2. The molecule has 0 spiro atoms. The molecular formula is C12H18ClNO2S. The molecule has 1 unspecified atom stereocenters. The molecule has 0 heterocycles. The Morgan fingerprint density at radius 2 is 2.06 bits per heavy atom. The van der Waals surface area contributed by atoms with E-state index in [0.717, 1.165) is 6.42 Å². The maximum atomic E-state index is 11.9. The van der Waals surface area contributed by atoms with Gasteiger partial charge in [-0.05, 0) is 29.7 Å². The minimum absolute atomic E-state index is 0.0405. The van der Waals surface area contributed by atoms with Crippen molar-refractivity contribution in [3.05, 3.63) is 28.8 Å². The molecule has 1 aromatic rings. The number of nitrogen functional groups attached to an aromatic ring is 1. The maximum Gasteiger partial charge on any atom is 0.154 e. The van der Waals surface area contributed by atoms with Crippen molar-refractivity contribution in [2.75, 3.05) is 11.5 Å². The molecule has 96 valence electrons. The molecule has 1 rings (SSSR count). The van der Waals surface area contributed by atoms with Gasteiger partial charge in [-0.15, -0.1) is 0 Å². The van der Waals surface area contributed by atoms with Crippen LogP contribution in [0, 0.1) is 5.92 Å². The second kappa shape index (κ2) is 5.74. The lowest BCUT2D eigenvalue weighted by Crippen LogP contribution is -2.15. The molecular weight excluding hydrogens is 258 g/mol. The van der Waals surface area contributed by atoms with Gasteiger partial charge in [0.15, 0.2) is 9.84 Å². The Hall–Kier alpha value is -0.740. The average molecular weight is 276 g/mol. The normalized spacial score (nSPS) is 13.6. The molecule has 0 saturated heterocycles. The van der Waals surface area contributed by atoms with Gasteiger partial charge in [-0.2, -0.15) is 0 Å². The van der Waals surface area contributed by atoms with Gasteiger partial charge < -0.3 is 5.73 Å².